The van der Waals surface area contributed by atoms with E-state index >= 15 is 0 Å². The molecule has 220 valence electrons. The van der Waals surface area contributed by atoms with Crippen LogP contribution < -0.4 is 5.73 Å². The van der Waals surface area contributed by atoms with Crippen LogP contribution in [-0.2, 0) is 36.1 Å². The molecule has 4 aromatic rings. The van der Waals surface area contributed by atoms with Gasteiger partial charge in [-0.05, 0) is 37.0 Å². The van der Waals surface area contributed by atoms with Crippen LogP contribution in [0.4, 0.5) is 5.82 Å². The molecule has 0 aliphatic carbocycles. The van der Waals surface area contributed by atoms with E-state index in [2.05, 4.69) is 47.7 Å². The average molecular weight is 581 g/mol. The summed E-state index contributed by atoms with van der Waals surface area (Å²) in [5, 5.41) is 0.971. The van der Waals surface area contributed by atoms with E-state index < -0.39 is 7.60 Å². The van der Waals surface area contributed by atoms with Crippen LogP contribution in [0.15, 0.2) is 48.5 Å². The molecule has 0 spiro atoms. The van der Waals surface area contributed by atoms with Gasteiger partial charge in [-0.15, -0.1) is 0 Å². The van der Waals surface area contributed by atoms with Crippen LogP contribution in [0.2, 0.25) is 0 Å². The molecular weight excluding hydrogens is 539 g/mol. The number of hydrogen-bond acceptors (Lipinski definition) is 8. The zero-order valence-electron chi connectivity index (χ0n) is 24.3. The topological polar surface area (TPSA) is 111 Å². The lowest BCUT2D eigenvalue weighted by Gasteiger charge is -2.30. The summed E-state index contributed by atoms with van der Waals surface area (Å²) in [7, 11) is -3.38. The molecule has 10 heteroatoms. The third-order valence-corrected chi connectivity index (χ3v) is 9.24. The number of benzene rings is 2. The predicted octanol–water partition coefficient (Wildman–Crippen LogP) is 6.99. The van der Waals surface area contributed by atoms with Gasteiger partial charge in [0.05, 0.1) is 36.9 Å². The smallest absolute Gasteiger partial charge is 0.356 e. The lowest BCUT2D eigenvalue weighted by Crippen LogP contribution is -2.23. The summed E-state index contributed by atoms with van der Waals surface area (Å²) < 4.78 is 39.2. The number of ether oxygens (including phenoxy) is 2. The van der Waals surface area contributed by atoms with Crippen molar-refractivity contribution in [3.63, 3.8) is 0 Å². The van der Waals surface area contributed by atoms with Crippen LogP contribution in [0.3, 0.4) is 0 Å². The van der Waals surface area contributed by atoms with Crippen molar-refractivity contribution in [2.24, 2.45) is 0 Å². The van der Waals surface area contributed by atoms with Crippen molar-refractivity contribution in [3.8, 4) is 0 Å². The number of aryl methyl sites for hydroxylation is 1. The average Bonchev–Trinajstić information content (AvgIpc) is 3.38. The molecule has 5 rings (SSSR count). The number of hydrogen-bond donors (Lipinski definition) is 1. The maximum Gasteiger partial charge on any atom is 0.356 e. The standard InChI is InChI=1S/C31H41N4O5P/c1-4-7-13-25(19-38-21-41(36)39-17-24(18-40-41)23-12-10-11-22(5-2)16-23)35-28(20-37-6-3)34-29-30(35)26-14-8-9-15-27(26)33-31(29)32/h8-12,14-16,24-25H,4-7,13,17-21H2,1-3H3,(H2,32,33). The Bertz CT molecular complexity index is 1510. The second-order valence-corrected chi connectivity index (χ2v) is 12.5. The number of rotatable bonds is 13. The van der Waals surface area contributed by atoms with Crippen molar-refractivity contribution < 1.29 is 23.1 Å². The van der Waals surface area contributed by atoms with Crippen molar-refractivity contribution >= 4 is 35.3 Å². The number of nitrogen functional groups attached to an aromatic ring is 1. The van der Waals surface area contributed by atoms with Gasteiger partial charge in [-0.25, -0.2) is 9.97 Å². The number of anilines is 1. The number of imidazole rings is 1. The second-order valence-electron chi connectivity index (χ2n) is 10.5. The van der Waals surface area contributed by atoms with Crippen molar-refractivity contribution in [1.29, 1.82) is 0 Å². The lowest BCUT2D eigenvalue weighted by molar-refractivity contribution is 0.0743. The Labute approximate surface area is 241 Å². The second kappa shape index (κ2) is 13.4. The van der Waals surface area contributed by atoms with Gasteiger partial charge >= 0.3 is 7.60 Å². The van der Waals surface area contributed by atoms with E-state index in [9.17, 15) is 4.57 Å². The molecule has 0 amide bonds. The fourth-order valence-electron chi connectivity index (χ4n) is 5.41. The van der Waals surface area contributed by atoms with E-state index in [1.807, 2.05) is 31.2 Å². The van der Waals surface area contributed by atoms with Gasteiger partial charge in [0.25, 0.3) is 0 Å². The third kappa shape index (κ3) is 6.65. The Kier molecular flexibility index (Phi) is 9.73. The molecule has 41 heavy (non-hydrogen) atoms. The largest absolute Gasteiger partial charge is 0.382 e. The highest BCUT2D eigenvalue weighted by atomic mass is 31.2. The van der Waals surface area contributed by atoms with Gasteiger partial charge in [0, 0.05) is 17.9 Å². The summed E-state index contributed by atoms with van der Waals surface area (Å²) in [4.78, 5) is 9.47. The molecule has 1 aliphatic heterocycles. The Hall–Kier alpha value is -2.81. The first-order chi connectivity index (χ1) is 20.0. The highest BCUT2D eigenvalue weighted by Crippen LogP contribution is 2.53. The number of nitrogens with two attached hydrogens (primary N) is 1. The third-order valence-electron chi connectivity index (χ3n) is 7.65. The van der Waals surface area contributed by atoms with Crippen molar-refractivity contribution in [3.05, 3.63) is 65.5 Å². The summed E-state index contributed by atoms with van der Waals surface area (Å²) >= 11 is 0. The predicted molar refractivity (Wildman–Crippen MR) is 162 cm³/mol. The zero-order chi connectivity index (χ0) is 28.8. The van der Waals surface area contributed by atoms with E-state index in [1.165, 1.54) is 5.56 Å². The minimum atomic E-state index is -3.38. The Balaban J connectivity index is 1.36. The number of unbranched alkanes of at least 4 members (excludes halogenated alkanes) is 1. The zero-order valence-corrected chi connectivity index (χ0v) is 25.1. The first-order valence-corrected chi connectivity index (χ1v) is 16.4. The Morgan fingerprint density at radius 2 is 1.88 bits per heavy atom. The summed E-state index contributed by atoms with van der Waals surface area (Å²) in [5.74, 6) is 1.20. The minimum absolute atomic E-state index is 0.0478. The van der Waals surface area contributed by atoms with E-state index in [4.69, 9.17) is 29.2 Å². The fraction of sp³-hybridized carbons (Fsp3) is 0.484. The molecule has 0 radical (unpaired) electrons. The highest BCUT2D eigenvalue weighted by Gasteiger charge is 2.34. The number of aromatic nitrogens is 3. The van der Waals surface area contributed by atoms with E-state index in [1.54, 1.807) is 0 Å². The van der Waals surface area contributed by atoms with Crippen molar-refractivity contribution in [2.45, 2.75) is 65.0 Å². The molecule has 1 unspecified atom stereocenters. The van der Waals surface area contributed by atoms with E-state index in [0.29, 0.717) is 44.4 Å². The van der Waals surface area contributed by atoms with Gasteiger partial charge in [0.1, 0.15) is 24.3 Å². The molecule has 0 bridgehead atoms. The van der Waals surface area contributed by atoms with E-state index in [0.717, 1.165) is 53.5 Å². The molecule has 2 aromatic carbocycles. The monoisotopic (exact) mass is 580 g/mol. The van der Waals surface area contributed by atoms with Crippen LogP contribution in [-0.4, -0.2) is 47.3 Å². The molecule has 9 nitrogen and oxygen atoms in total. The van der Waals surface area contributed by atoms with Crippen molar-refractivity contribution in [2.75, 3.05) is 38.5 Å². The fourth-order valence-corrected chi connectivity index (χ4v) is 6.78. The van der Waals surface area contributed by atoms with Crippen LogP contribution in [0.25, 0.3) is 21.9 Å². The molecular formula is C31H41N4O5P. The Morgan fingerprint density at radius 3 is 2.63 bits per heavy atom. The lowest BCUT2D eigenvalue weighted by atomic mass is 9.98. The molecule has 1 atom stereocenters. The number of para-hydroxylation sites is 1. The summed E-state index contributed by atoms with van der Waals surface area (Å²) in [6, 6.07) is 16.3. The molecule has 1 saturated heterocycles. The van der Waals surface area contributed by atoms with Crippen LogP contribution in [0.5, 0.6) is 0 Å². The van der Waals surface area contributed by atoms with Gasteiger partial charge in [-0.2, -0.15) is 0 Å². The number of nitrogens with zero attached hydrogens (tertiary/aromatic N) is 3. The van der Waals surface area contributed by atoms with E-state index in [-0.39, 0.29) is 18.3 Å². The quantitative estimate of drug-likeness (QED) is 0.168. The molecule has 1 aliphatic rings. The minimum Gasteiger partial charge on any atom is -0.382 e. The van der Waals surface area contributed by atoms with Crippen molar-refractivity contribution in [1.82, 2.24) is 14.5 Å². The van der Waals surface area contributed by atoms with Crippen LogP contribution >= 0.6 is 7.60 Å². The maximum atomic E-state index is 13.4. The SMILES string of the molecule is CCCCC(COCP1(=O)OCC(c2cccc(CC)c2)CO1)n1c(COCC)nc2c(N)nc3ccccc3c21. The number of pyridine rings is 1. The first kappa shape index (κ1) is 29.7. The summed E-state index contributed by atoms with van der Waals surface area (Å²) in [6.07, 6.45) is 3.73. The molecule has 0 saturated carbocycles. The number of fused-ring (bicyclic) bond motifs is 3. The molecule has 2 N–H and O–H groups in total. The Morgan fingerprint density at radius 1 is 1.07 bits per heavy atom. The molecule has 1 fully saturated rings. The maximum absolute atomic E-state index is 13.4. The van der Waals surface area contributed by atoms with Gasteiger partial charge in [0.2, 0.25) is 0 Å². The van der Waals surface area contributed by atoms with Gasteiger partial charge in [-0.1, -0.05) is 69.2 Å². The van der Waals surface area contributed by atoms with Gasteiger partial charge in [0.15, 0.2) is 5.82 Å². The summed E-state index contributed by atoms with van der Waals surface area (Å²) in [6.45, 7) is 8.17. The molecule has 3 heterocycles. The first-order valence-electron chi connectivity index (χ1n) is 14.6. The van der Waals surface area contributed by atoms with Gasteiger partial charge < -0.3 is 28.8 Å². The van der Waals surface area contributed by atoms with Crippen LogP contribution in [0.1, 0.15) is 68.9 Å². The summed E-state index contributed by atoms with van der Waals surface area (Å²) in [5.41, 5.74) is 11.2. The van der Waals surface area contributed by atoms with Gasteiger partial charge in [-0.3, -0.25) is 4.57 Å². The molecule has 2 aromatic heterocycles. The van der Waals surface area contributed by atoms with Crippen LogP contribution in [0, 0.1) is 0 Å². The normalized spacial score (nSPS) is 20.1. The highest BCUT2D eigenvalue weighted by molar-refractivity contribution is 7.53.